The maximum absolute atomic E-state index is 14.1. The Hall–Kier alpha value is -4.63. The zero-order valence-corrected chi connectivity index (χ0v) is 24.9. The first-order valence-corrected chi connectivity index (χ1v) is 14.1. The predicted octanol–water partition coefficient (Wildman–Crippen LogP) is 0.500. The molecule has 0 bridgehead atoms. The number of hydrogen-bond donors (Lipinski definition) is 5. The third kappa shape index (κ3) is 9.18. The SMILES string of the molecule is CC[C@H](C)[C@H](NC(=O)OC(C)(C)C)C(=O)NC(CCC(=O)O)C(=O)N1c2ncccc2C[C@H]1C(=O)NCCc1nn[nH]n1. The van der Waals surface area contributed by atoms with Crippen LogP contribution in [0.3, 0.4) is 0 Å². The number of nitrogens with one attached hydrogen (secondary N) is 4. The van der Waals surface area contributed by atoms with E-state index in [4.69, 9.17) is 4.74 Å². The van der Waals surface area contributed by atoms with Crippen LogP contribution in [0.5, 0.6) is 0 Å². The van der Waals surface area contributed by atoms with Crippen LogP contribution in [0.2, 0.25) is 0 Å². The Bertz CT molecular complexity index is 1300. The molecule has 43 heavy (non-hydrogen) atoms. The molecule has 2 aromatic rings. The van der Waals surface area contributed by atoms with Gasteiger partial charge in [0.05, 0.1) is 0 Å². The number of aromatic amines is 1. The fourth-order valence-electron chi connectivity index (χ4n) is 4.52. The van der Waals surface area contributed by atoms with Crippen LogP contribution in [0.4, 0.5) is 10.6 Å². The predicted molar refractivity (Wildman–Crippen MR) is 152 cm³/mol. The minimum Gasteiger partial charge on any atom is -0.481 e. The van der Waals surface area contributed by atoms with Gasteiger partial charge in [-0.1, -0.05) is 31.5 Å². The smallest absolute Gasteiger partial charge is 0.408 e. The molecule has 16 nitrogen and oxygen atoms in total. The van der Waals surface area contributed by atoms with Crippen LogP contribution in [0.25, 0.3) is 0 Å². The lowest BCUT2D eigenvalue weighted by Gasteiger charge is -2.31. The Morgan fingerprint density at radius 3 is 2.58 bits per heavy atom. The maximum atomic E-state index is 14.1. The van der Waals surface area contributed by atoms with Crippen molar-refractivity contribution in [2.75, 3.05) is 11.4 Å². The molecule has 0 aromatic carbocycles. The van der Waals surface area contributed by atoms with Crippen molar-refractivity contribution < 1.29 is 33.8 Å². The normalized spacial score (nSPS) is 16.4. The lowest BCUT2D eigenvalue weighted by Crippen LogP contribution is -2.59. The third-order valence-electron chi connectivity index (χ3n) is 6.83. The zero-order chi connectivity index (χ0) is 31.7. The number of amides is 4. The van der Waals surface area contributed by atoms with Crippen LogP contribution in [-0.2, 0) is 36.8 Å². The Kier molecular flexibility index (Phi) is 11.1. The number of tetrazole rings is 1. The number of aliphatic carboxylic acids is 1. The lowest BCUT2D eigenvalue weighted by atomic mass is 9.97. The third-order valence-corrected chi connectivity index (χ3v) is 6.83. The van der Waals surface area contributed by atoms with Crippen molar-refractivity contribution in [3.8, 4) is 0 Å². The monoisotopic (exact) mass is 601 g/mol. The zero-order valence-electron chi connectivity index (χ0n) is 24.9. The molecule has 1 unspecified atom stereocenters. The van der Waals surface area contributed by atoms with Gasteiger partial charge in [0, 0.05) is 32.0 Å². The van der Waals surface area contributed by atoms with E-state index in [9.17, 15) is 29.1 Å². The summed E-state index contributed by atoms with van der Waals surface area (Å²) in [5, 5.41) is 30.8. The Morgan fingerprint density at radius 2 is 1.95 bits per heavy atom. The average Bonchev–Trinajstić information content (AvgIpc) is 3.60. The van der Waals surface area contributed by atoms with Gasteiger partial charge >= 0.3 is 12.1 Å². The highest BCUT2D eigenvalue weighted by Crippen LogP contribution is 2.31. The van der Waals surface area contributed by atoms with Crippen molar-refractivity contribution in [1.82, 2.24) is 41.6 Å². The number of carbonyl (C=O) groups excluding carboxylic acids is 4. The number of carboxylic acid groups (broad SMARTS) is 1. The molecule has 0 aliphatic carbocycles. The van der Waals surface area contributed by atoms with Gasteiger partial charge < -0.3 is 25.8 Å². The van der Waals surface area contributed by atoms with Crippen LogP contribution < -0.4 is 20.9 Å². The van der Waals surface area contributed by atoms with Gasteiger partial charge in [0.1, 0.15) is 29.5 Å². The van der Waals surface area contributed by atoms with Crippen LogP contribution in [0, 0.1) is 5.92 Å². The van der Waals surface area contributed by atoms with Crippen LogP contribution in [0.1, 0.15) is 65.3 Å². The summed E-state index contributed by atoms with van der Waals surface area (Å²) in [7, 11) is 0. The number of anilines is 1. The van der Waals surface area contributed by atoms with E-state index in [1.165, 1.54) is 11.1 Å². The summed E-state index contributed by atoms with van der Waals surface area (Å²) in [6, 6.07) is 0.00776. The van der Waals surface area contributed by atoms with Gasteiger partial charge in [0.25, 0.3) is 5.91 Å². The number of ether oxygens (including phenoxy) is 1. The van der Waals surface area contributed by atoms with Gasteiger partial charge in [-0.2, -0.15) is 5.21 Å². The van der Waals surface area contributed by atoms with E-state index in [-0.39, 0.29) is 31.1 Å². The van der Waals surface area contributed by atoms with Gasteiger partial charge in [0.15, 0.2) is 5.82 Å². The van der Waals surface area contributed by atoms with Gasteiger partial charge in [-0.05, 0) is 44.7 Å². The molecular weight excluding hydrogens is 562 g/mol. The van der Waals surface area contributed by atoms with E-state index in [2.05, 4.69) is 41.6 Å². The fourth-order valence-corrected chi connectivity index (χ4v) is 4.52. The van der Waals surface area contributed by atoms with E-state index in [1.54, 1.807) is 39.8 Å². The van der Waals surface area contributed by atoms with Crippen LogP contribution in [-0.4, -0.2) is 90.8 Å². The van der Waals surface area contributed by atoms with Gasteiger partial charge in [-0.15, -0.1) is 10.2 Å². The summed E-state index contributed by atoms with van der Waals surface area (Å²) < 4.78 is 5.31. The fraction of sp³-hybridized carbons (Fsp3) is 0.593. The first kappa shape index (κ1) is 32.9. The van der Waals surface area contributed by atoms with E-state index in [0.717, 1.165) is 0 Å². The van der Waals surface area contributed by atoms with Crippen molar-refractivity contribution in [3.63, 3.8) is 0 Å². The first-order chi connectivity index (χ1) is 20.3. The number of pyridine rings is 1. The summed E-state index contributed by atoms with van der Waals surface area (Å²) >= 11 is 0. The highest BCUT2D eigenvalue weighted by Gasteiger charge is 2.43. The highest BCUT2D eigenvalue weighted by atomic mass is 16.6. The van der Waals surface area contributed by atoms with Gasteiger partial charge in [-0.25, -0.2) is 9.78 Å². The largest absolute Gasteiger partial charge is 0.481 e. The number of hydrogen-bond acceptors (Lipinski definition) is 10. The van der Waals surface area contributed by atoms with E-state index >= 15 is 0 Å². The summed E-state index contributed by atoms with van der Waals surface area (Å²) in [6.07, 6.45) is 0.947. The first-order valence-electron chi connectivity index (χ1n) is 14.1. The topological polar surface area (TPSA) is 221 Å². The molecule has 234 valence electrons. The number of carboxylic acids is 1. The molecular formula is C27H39N9O7. The number of rotatable bonds is 13. The Balaban J connectivity index is 1.84. The quantitative estimate of drug-likeness (QED) is 0.213. The number of H-pyrrole nitrogens is 1. The standard InChI is InChI=1S/C27H39N9O7/c1-6-15(2)21(31-26(42)43-27(3,4)5)24(40)30-17(9-10-20(37)38)25(41)36-18(14-16-8-7-12-28-22(16)36)23(39)29-13-11-19-32-34-35-33-19/h7-8,12,15,17-18,21H,6,9-11,13-14H2,1-5H3,(H,29,39)(H,30,40)(H,31,42)(H,37,38)(H,32,33,34,35)/t15-,17?,18-,21-/m0/s1. The molecule has 4 atom stereocenters. The molecule has 16 heteroatoms. The number of carbonyl (C=O) groups is 5. The molecule has 5 N–H and O–H groups in total. The summed E-state index contributed by atoms with van der Waals surface area (Å²) in [5.74, 6) is -2.75. The molecule has 0 radical (unpaired) electrons. The van der Waals surface area contributed by atoms with Crippen molar-refractivity contribution in [2.24, 2.45) is 5.92 Å². The second-order valence-corrected chi connectivity index (χ2v) is 11.3. The second kappa shape index (κ2) is 14.5. The molecule has 1 aliphatic heterocycles. The maximum Gasteiger partial charge on any atom is 0.408 e. The molecule has 0 fully saturated rings. The second-order valence-electron chi connectivity index (χ2n) is 11.3. The highest BCUT2D eigenvalue weighted by molar-refractivity contribution is 6.06. The molecule has 2 aromatic heterocycles. The van der Waals surface area contributed by atoms with E-state index in [1.807, 2.05) is 6.92 Å². The van der Waals surface area contributed by atoms with E-state index in [0.29, 0.717) is 24.2 Å². The molecule has 1 aliphatic rings. The molecule has 0 spiro atoms. The molecule has 0 saturated carbocycles. The average molecular weight is 602 g/mol. The van der Waals surface area contributed by atoms with Gasteiger partial charge in [-0.3, -0.25) is 24.1 Å². The number of nitrogens with zero attached hydrogens (tertiary/aromatic N) is 5. The van der Waals surface area contributed by atoms with Gasteiger partial charge in [0.2, 0.25) is 11.8 Å². The lowest BCUT2D eigenvalue weighted by molar-refractivity contribution is -0.138. The summed E-state index contributed by atoms with van der Waals surface area (Å²) in [6.45, 7) is 8.82. The summed E-state index contributed by atoms with van der Waals surface area (Å²) in [4.78, 5) is 70.4. The van der Waals surface area contributed by atoms with Crippen LogP contribution >= 0.6 is 0 Å². The molecule has 3 rings (SSSR count). The van der Waals surface area contributed by atoms with Crippen molar-refractivity contribution >= 4 is 35.6 Å². The Labute approximate surface area is 248 Å². The van der Waals surface area contributed by atoms with Crippen molar-refractivity contribution in [3.05, 3.63) is 29.7 Å². The number of aromatic nitrogens is 5. The van der Waals surface area contributed by atoms with E-state index < -0.39 is 59.9 Å². The molecule has 4 amide bonds. The number of alkyl carbamates (subject to hydrolysis) is 1. The molecule has 0 saturated heterocycles. The minimum atomic E-state index is -1.34. The summed E-state index contributed by atoms with van der Waals surface area (Å²) in [5.41, 5.74) is -0.167. The Morgan fingerprint density at radius 1 is 1.21 bits per heavy atom. The van der Waals surface area contributed by atoms with Crippen LogP contribution in [0.15, 0.2) is 18.3 Å². The van der Waals surface area contributed by atoms with Crippen molar-refractivity contribution in [2.45, 2.75) is 90.4 Å². The molecule has 3 heterocycles. The van der Waals surface area contributed by atoms with Crippen molar-refractivity contribution in [1.29, 1.82) is 0 Å². The number of fused-ring (bicyclic) bond motifs is 1. The minimum absolute atomic E-state index is 0.165.